The lowest BCUT2D eigenvalue weighted by Crippen LogP contribution is -2.19. The summed E-state index contributed by atoms with van der Waals surface area (Å²) in [6.07, 6.45) is 0.675. The Morgan fingerprint density at radius 3 is 2.82 bits per heavy atom. The number of ether oxygens (including phenoxy) is 1. The Morgan fingerprint density at radius 1 is 1.55 bits per heavy atom. The minimum atomic E-state index is -2.15. The maximum Gasteiger partial charge on any atom is 0.0588 e. The van der Waals surface area contributed by atoms with E-state index in [1.165, 1.54) is 0 Å². The van der Waals surface area contributed by atoms with Gasteiger partial charge in [-0.3, -0.25) is 4.21 Å². The molecule has 68 valence electrons. The molecule has 0 spiro atoms. The van der Waals surface area contributed by atoms with E-state index >= 15 is 0 Å². The molecule has 0 aliphatic rings. The summed E-state index contributed by atoms with van der Waals surface area (Å²) in [4.78, 5) is 0. The average molecular weight is 181 g/mol. The Balaban J connectivity index is 2.85. The Morgan fingerprint density at radius 2 is 2.27 bits per heavy atom. The molecule has 0 bridgehead atoms. The van der Waals surface area contributed by atoms with Crippen molar-refractivity contribution in [2.24, 2.45) is 5.73 Å². The van der Waals surface area contributed by atoms with Gasteiger partial charge >= 0.3 is 0 Å². The van der Waals surface area contributed by atoms with Crippen LogP contribution in [0, 0.1) is 0 Å². The van der Waals surface area contributed by atoms with Crippen LogP contribution >= 0.6 is 0 Å². The second kappa shape index (κ2) is 8.09. The molecular weight excluding hydrogens is 168 g/mol. The second-order valence-corrected chi connectivity index (χ2v) is 2.64. The Bertz CT molecular complexity index is 112. The topological polar surface area (TPSA) is 87.4 Å². The number of hydrogen-bond acceptors (Lipinski definition) is 4. The van der Waals surface area contributed by atoms with Crippen LogP contribution in [0.1, 0.15) is 6.42 Å². The molecule has 0 aromatic rings. The van der Waals surface area contributed by atoms with Gasteiger partial charge in [0.15, 0.2) is 0 Å². The third-order valence-electron chi connectivity index (χ3n) is 0.948. The van der Waals surface area contributed by atoms with Gasteiger partial charge in [-0.05, 0) is 6.42 Å². The van der Waals surface area contributed by atoms with Crippen molar-refractivity contribution in [1.29, 1.82) is 0 Å². The minimum absolute atomic E-state index is 0.417. The zero-order valence-electron chi connectivity index (χ0n) is 6.25. The first-order chi connectivity index (χ1) is 5.27. The third kappa shape index (κ3) is 9.99. The first kappa shape index (κ1) is 11.0. The standard InChI is InChI=1S/C5H14N2O3S/c6-2-5-10-4-1-3-7-11(8)9/h7H,1-6H2,(H,8,9)/p-1. The van der Waals surface area contributed by atoms with E-state index in [4.69, 9.17) is 10.5 Å². The van der Waals surface area contributed by atoms with Crippen LogP contribution < -0.4 is 10.5 Å². The minimum Gasteiger partial charge on any atom is -0.760 e. The van der Waals surface area contributed by atoms with Crippen LogP contribution in [0.5, 0.6) is 0 Å². The van der Waals surface area contributed by atoms with E-state index in [2.05, 4.69) is 4.72 Å². The predicted molar refractivity (Wildman–Crippen MR) is 41.4 cm³/mol. The maximum absolute atomic E-state index is 9.92. The molecule has 0 aromatic carbocycles. The van der Waals surface area contributed by atoms with Crippen LogP contribution in [0.25, 0.3) is 0 Å². The second-order valence-electron chi connectivity index (χ2n) is 1.88. The number of nitrogens with one attached hydrogen (secondary N) is 1. The van der Waals surface area contributed by atoms with Gasteiger partial charge < -0.3 is 15.0 Å². The smallest absolute Gasteiger partial charge is 0.0588 e. The van der Waals surface area contributed by atoms with Gasteiger partial charge in [0.25, 0.3) is 0 Å². The van der Waals surface area contributed by atoms with Gasteiger partial charge in [0.05, 0.1) is 6.61 Å². The highest BCUT2D eigenvalue weighted by Gasteiger charge is 1.87. The van der Waals surface area contributed by atoms with Crippen molar-refractivity contribution in [3.05, 3.63) is 0 Å². The molecule has 6 heteroatoms. The lowest BCUT2D eigenvalue weighted by atomic mass is 10.5. The molecule has 5 nitrogen and oxygen atoms in total. The van der Waals surface area contributed by atoms with Gasteiger partial charge in [-0.2, -0.15) is 0 Å². The van der Waals surface area contributed by atoms with Gasteiger partial charge in [0, 0.05) is 31.0 Å². The highest BCUT2D eigenvalue weighted by molar-refractivity contribution is 7.77. The van der Waals surface area contributed by atoms with Gasteiger partial charge in [-0.1, -0.05) is 0 Å². The molecule has 0 aliphatic heterocycles. The van der Waals surface area contributed by atoms with E-state index < -0.39 is 11.3 Å². The summed E-state index contributed by atoms with van der Waals surface area (Å²) in [5, 5.41) is 0. The Hall–Kier alpha value is -0.0100. The molecule has 0 amide bonds. The molecular formula is C5H13N2O3S-. The molecule has 0 aliphatic carbocycles. The van der Waals surface area contributed by atoms with Crippen molar-refractivity contribution in [1.82, 2.24) is 4.72 Å². The lowest BCUT2D eigenvalue weighted by molar-refractivity contribution is 0.140. The Labute approximate surface area is 68.7 Å². The van der Waals surface area contributed by atoms with E-state index in [0.29, 0.717) is 32.7 Å². The highest BCUT2D eigenvalue weighted by atomic mass is 32.2. The first-order valence-corrected chi connectivity index (χ1v) is 4.45. The van der Waals surface area contributed by atoms with E-state index in [1.807, 2.05) is 0 Å². The van der Waals surface area contributed by atoms with Crippen LogP contribution in [0.3, 0.4) is 0 Å². The molecule has 1 atom stereocenters. The van der Waals surface area contributed by atoms with Crippen LogP contribution in [0.2, 0.25) is 0 Å². The summed E-state index contributed by atoms with van der Waals surface area (Å²) < 4.78 is 27.1. The fourth-order valence-corrected chi connectivity index (χ4v) is 0.826. The van der Waals surface area contributed by atoms with Crippen molar-refractivity contribution in [3.63, 3.8) is 0 Å². The van der Waals surface area contributed by atoms with Crippen molar-refractivity contribution in [3.8, 4) is 0 Å². The molecule has 0 radical (unpaired) electrons. The third-order valence-corrected chi connectivity index (χ3v) is 1.39. The zero-order chi connectivity index (χ0) is 8.53. The molecule has 0 aromatic heterocycles. The molecule has 0 saturated carbocycles. The summed E-state index contributed by atoms with van der Waals surface area (Å²) in [6.45, 7) is 1.99. The largest absolute Gasteiger partial charge is 0.760 e. The Kier molecular flexibility index (Phi) is 8.08. The molecule has 1 unspecified atom stereocenters. The summed E-state index contributed by atoms with van der Waals surface area (Å²) >= 11 is -2.15. The lowest BCUT2D eigenvalue weighted by Gasteiger charge is -2.06. The van der Waals surface area contributed by atoms with E-state index in [0.717, 1.165) is 0 Å². The van der Waals surface area contributed by atoms with Crippen molar-refractivity contribution >= 4 is 11.3 Å². The number of hydrogen-bond donors (Lipinski definition) is 2. The summed E-state index contributed by atoms with van der Waals surface area (Å²) in [5.41, 5.74) is 5.15. The zero-order valence-corrected chi connectivity index (χ0v) is 7.06. The molecule has 0 fully saturated rings. The first-order valence-electron chi connectivity index (χ1n) is 3.38. The SMILES string of the molecule is NCCOCCCNS(=O)[O-]. The van der Waals surface area contributed by atoms with Crippen molar-refractivity contribution < 1.29 is 13.5 Å². The summed E-state index contributed by atoms with van der Waals surface area (Å²) in [5.74, 6) is 0. The number of nitrogens with two attached hydrogens (primary N) is 1. The summed E-state index contributed by atoms with van der Waals surface area (Å²) in [6, 6.07) is 0. The van der Waals surface area contributed by atoms with Crippen LogP contribution in [-0.2, 0) is 16.0 Å². The highest BCUT2D eigenvalue weighted by Crippen LogP contribution is 1.79. The van der Waals surface area contributed by atoms with Crippen molar-refractivity contribution in [2.75, 3.05) is 26.3 Å². The maximum atomic E-state index is 9.92. The average Bonchev–Trinajstić information content (AvgIpc) is 1.96. The van der Waals surface area contributed by atoms with Crippen molar-refractivity contribution in [2.45, 2.75) is 6.42 Å². The van der Waals surface area contributed by atoms with Crippen LogP contribution in [-0.4, -0.2) is 35.1 Å². The predicted octanol–water partition coefficient (Wildman–Crippen LogP) is -1.26. The molecule has 0 rings (SSSR count). The normalized spacial score (nSPS) is 13.3. The van der Waals surface area contributed by atoms with Crippen LogP contribution in [0.4, 0.5) is 0 Å². The molecule has 0 saturated heterocycles. The van der Waals surface area contributed by atoms with Gasteiger partial charge in [-0.25, -0.2) is 4.72 Å². The monoisotopic (exact) mass is 181 g/mol. The van der Waals surface area contributed by atoms with E-state index in [9.17, 15) is 8.76 Å². The fraction of sp³-hybridized carbons (Fsp3) is 1.00. The molecule has 11 heavy (non-hydrogen) atoms. The molecule has 3 N–H and O–H groups in total. The van der Waals surface area contributed by atoms with Gasteiger partial charge in [0.1, 0.15) is 0 Å². The van der Waals surface area contributed by atoms with Gasteiger partial charge in [-0.15, -0.1) is 0 Å². The summed E-state index contributed by atoms with van der Waals surface area (Å²) in [7, 11) is 0. The van der Waals surface area contributed by atoms with E-state index in [-0.39, 0.29) is 0 Å². The van der Waals surface area contributed by atoms with Gasteiger partial charge in [0.2, 0.25) is 0 Å². The molecule has 0 heterocycles. The van der Waals surface area contributed by atoms with Crippen LogP contribution in [0.15, 0.2) is 0 Å². The number of rotatable bonds is 7. The van der Waals surface area contributed by atoms with E-state index in [1.54, 1.807) is 0 Å². The fourth-order valence-electron chi connectivity index (χ4n) is 0.515. The quantitative estimate of drug-likeness (QED) is 0.379.